The summed E-state index contributed by atoms with van der Waals surface area (Å²) in [6.07, 6.45) is 1.03. The van der Waals surface area contributed by atoms with E-state index in [2.05, 4.69) is 22.6 Å². The zero-order chi connectivity index (χ0) is 22.9. The second-order valence-corrected chi connectivity index (χ2v) is 10.6. The van der Waals surface area contributed by atoms with Gasteiger partial charge >= 0.3 is 6.09 Å². The van der Waals surface area contributed by atoms with Gasteiger partial charge in [0, 0.05) is 31.2 Å². The number of fused-ring (bicyclic) bond motifs is 1. The van der Waals surface area contributed by atoms with Gasteiger partial charge in [-0.2, -0.15) is 0 Å². The van der Waals surface area contributed by atoms with Crippen molar-refractivity contribution in [1.29, 1.82) is 0 Å². The molecule has 1 fully saturated rings. The van der Waals surface area contributed by atoms with Crippen LogP contribution in [-0.2, 0) is 27.7 Å². The van der Waals surface area contributed by atoms with Gasteiger partial charge in [0.25, 0.3) is 10.0 Å². The molecule has 0 atom stereocenters. The zero-order valence-electron chi connectivity index (χ0n) is 17.7. The monoisotopic (exact) mass is 568 g/mol. The van der Waals surface area contributed by atoms with E-state index in [4.69, 9.17) is 4.74 Å². The van der Waals surface area contributed by atoms with Crippen LogP contribution < -0.4 is 0 Å². The van der Waals surface area contributed by atoms with Gasteiger partial charge in [-0.05, 0) is 71.2 Å². The maximum Gasteiger partial charge on any atom is 0.407 e. The van der Waals surface area contributed by atoms with Gasteiger partial charge in [-0.25, -0.2) is 17.2 Å². The molecule has 4 rings (SSSR count). The number of amides is 1. The van der Waals surface area contributed by atoms with Crippen LogP contribution in [0.15, 0.2) is 53.4 Å². The Bertz CT molecular complexity index is 1230. The van der Waals surface area contributed by atoms with E-state index in [1.165, 1.54) is 8.87 Å². The fourth-order valence-corrected chi connectivity index (χ4v) is 7.41. The van der Waals surface area contributed by atoms with Gasteiger partial charge in [0.15, 0.2) is 0 Å². The second-order valence-electron chi connectivity index (χ2n) is 7.81. The Labute approximate surface area is 201 Å². The molecule has 1 aromatic heterocycles. The summed E-state index contributed by atoms with van der Waals surface area (Å²) in [5.74, 6) is 0. The first-order valence-corrected chi connectivity index (χ1v) is 13.1. The Morgan fingerprint density at radius 3 is 2.50 bits per heavy atom. The quantitative estimate of drug-likeness (QED) is 0.436. The van der Waals surface area contributed by atoms with Crippen LogP contribution in [0.1, 0.15) is 30.9 Å². The number of carbonyl (C=O) groups is 1. The van der Waals surface area contributed by atoms with Crippen molar-refractivity contribution in [3.63, 3.8) is 0 Å². The van der Waals surface area contributed by atoms with Crippen LogP contribution in [0, 0.1) is 3.70 Å². The Kier molecular flexibility index (Phi) is 6.78. The maximum atomic E-state index is 13.5. The van der Waals surface area contributed by atoms with E-state index in [1.807, 2.05) is 25.1 Å². The molecule has 0 spiro atoms. The summed E-state index contributed by atoms with van der Waals surface area (Å²) in [6.45, 7) is 3.29. The molecule has 1 amide bonds. The Hall–Kier alpha value is -2.11. The zero-order valence-corrected chi connectivity index (χ0v) is 20.7. The van der Waals surface area contributed by atoms with E-state index < -0.39 is 16.1 Å². The van der Waals surface area contributed by atoms with Crippen LogP contribution >= 0.6 is 22.6 Å². The molecular weight excluding hydrogens is 543 g/mol. The number of hydrogen-bond acceptors (Lipinski definition) is 4. The van der Waals surface area contributed by atoms with Crippen molar-refractivity contribution in [2.24, 2.45) is 0 Å². The van der Waals surface area contributed by atoms with Gasteiger partial charge in [0.2, 0.25) is 0 Å². The number of aryl methyl sites for hydroxylation is 1. The van der Waals surface area contributed by atoms with Gasteiger partial charge < -0.3 is 14.7 Å². The number of hydrogen-bond donors (Lipinski definition) is 1. The molecule has 0 unspecified atom stereocenters. The first-order chi connectivity index (χ1) is 15.3. The lowest BCUT2D eigenvalue weighted by Gasteiger charge is -2.32. The number of ether oxygens (including phenoxy) is 1. The molecule has 3 aromatic rings. The molecule has 1 aliphatic heterocycles. The predicted molar refractivity (Wildman–Crippen MR) is 130 cm³/mol. The van der Waals surface area contributed by atoms with Crippen molar-refractivity contribution in [3.05, 3.63) is 63.4 Å². The Balaban J connectivity index is 1.81. The summed E-state index contributed by atoms with van der Waals surface area (Å²) in [5, 5.41) is 10.7. The van der Waals surface area contributed by atoms with Crippen molar-refractivity contribution in [1.82, 2.24) is 8.87 Å². The van der Waals surface area contributed by atoms with E-state index >= 15 is 0 Å². The van der Waals surface area contributed by atoms with Crippen molar-refractivity contribution in [3.8, 4) is 0 Å². The topological polar surface area (TPSA) is 88.8 Å². The summed E-state index contributed by atoms with van der Waals surface area (Å²) in [7, 11) is -3.80. The van der Waals surface area contributed by atoms with Gasteiger partial charge in [-0.3, -0.25) is 0 Å². The number of nitrogens with zero attached hydrogens (tertiary/aromatic N) is 2. The predicted octanol–water partition coefficient (Wildman–Crippen LogP) is 4.70. The van der Waals surface area contributed by atoms with Gasteiger partial charge in [-0.1, -0.05) is 37.3 Å². The molecule has 0 aliphatic carbocycles. The van der Waals surface area contributed by atoms with Gasteiger partial charge in [-0.15, -0.1) is 0 Å². The molecule has 9 heteroatoms. The average molecular weight is 568 g/mol. The fourth-order valence-electron chi connectivity index (χ4n) is 4.25. The third-order valence-electron chi connectivity index (χ3n) is 5.90. The Morgan fingerprint density at radius 1 is 1.19 bits per heavy atom. The first-order valence-electron chi connectivity index (χ1n) is 10.5. The SMILES string of the molecule is CCc1c(I)n(S(=O)(=O)c2ccccc2)c2cc(CN(C(=O)O)C3CCOCC3)ccc12. The van der Waals surface area contributed by atoms with Gasteiger partial charge in [0.1, 0.15) is 0 Å². The molecule has 2 aromatic carbocycles. The number of benzene rings is 2. The van der Waals surface area contributed by atoms with E-state index in [1.54, 1.807) is 30.3 Å². The van der Waals surface area contributed by atoms with Gasteiger partial charge in [0.05, 0.1) is 14.1 Å². The molecule has 32 heavy (non-hydrogen) atoms. The molecule has 1 aliphatic rings. The minimum atomic E-state index is -3.80. The highest BCUT2D eigenvalue weighted by atomic mass is 127. The van der Waals surface area contributed by atoms with Crippen LogP contribution in [0.5, 0.6) is 0 Å². The van der Waals surface area contributed by atoms with E-state index in [9.17, 15) is 18.3 Å². The highest BCUT2D eigenvalue weighted by Crippen LogP contribution is 2.33. The molecule has 2 heterocycles. The molecular formula is C23H25IN2O5S. The lowest BCUT2D eigenvalue weighted by molar-refractivity contribution is 0.0332. The second kappa shape index (κ2) is 9.40. The number of rotatable bonds is 6. The number of aromatic nitrogens is 1. The standard InChI is InChI=1S/C23H25IN2O5S/c1-2-19-20-9-8-16(15-25(23(27)28)17-10-12-31-13-11-17)14-21(20)26(22(19)24)32(29,30)18-6-4-3-5-7-18/h3-9,14,17H,2,10-13,15H2,1H3,(H,27,28). The molecule has 0 radical (unpaired) electrons. The number of carboxylic acid groups (broad SMARTS) is 1. The average Bonchev–Trinajstić information content (AvgIpc) is 3.09. The minimum absolute atomic E-state index is 0.108. The summed E-state index contributed by atoms with van der Waals surface area (Å²) < 4.78 is 34.5. The van der Waals surface area contributed by atoms with E-state index in [0.717, 1.165) is 16.5 Å². The highest BCUT2D eigenvalue weighted by molar-refractivity contribution is 14.1. The smallest absolute Gasteiger partial charge is 0.407 e. The third-order valence-corrected chi connectivity index (χ3v) is 9.09. The normalized spacial score (nSPS) is 15.2. The van der Waals surface area contributed by atoms with Crippen LogP contribution in [-0.4, -0.2) is 47.7 Å². The molecule has 7 nitrogen and oxygen atoms in total. The van der Waals surface area contributed by atoms with Crippen molar-refractivity contribution in [2.45, 2.75) is 43.7 Å². The molecule has 1 N–H and O–H groups in total. The van der Waals surface area contributed by atoms with Crippen molar-refractivity contribution in [2.75, 3.05) is 13.2 Å². The molecule has 170 valence electrons. The van der Waals surface area contributed by atoms with Crippen molar-refractivity contribution < 1.29 is 23.1 Å². The third kappa shape index (κ3) is 4.25. The first kappa shape index (κ1) is 23.1. The van der Waals surface area contributed by atoms with E-state index in [0.29, 0.717) is 41.7 Å². The number of halogens is 1. The van der Waals surface area contributed by atoms with Crippen LogP contribution in [0.2, 0.25) is 0 Å². The largest absolute Gasteiger partial charge is 0.465 e. The van der Waals surface area contributed by atoms with Crippen LogP contribution in [0.25, 0.3) is 10.9 Å². The lowest BCUT2D eigenvalue weighted by atomic mass is 10.0. The van der Waals surface area contributed by atoms with Crippen LogP contribution in [0.4, 0.5) is 4.79 Å². The summed E-state index contributed by atoms with van der Waals surface area (Å²) in [6, 6.07) is 13.9. The molecule has 1 saturated heterocycles. The van der Waals surface area contributed by atoms with Crippen molar-refractivity contribution >= 4 is 49.6 Å². The maximum absolute atomic E-state index is 13.5. The molecule has 0 bridgehead atoms. The summed E-state index contributed by atoms with van der Waals surface area (Å²) >= 11 is 2.09. The van der Waals surface area contributed by atoms with E-state index in [-0.39, 0.29) is 17.5 Å². The fraction of sp³-hybridized carbons (Fsp3) is 0.348. The Morgan fingerprint density at radius 2 is 1.88 bits per heavy atom. The summed E-state index contributed by atoms with van der Waals surface area (Å²) in [4.78, 5) is 13.6. The minimum Gasteiger partial charge on any atom is -0.465 e. The highest BCUT2D eigenvalue weighted by Gasteiger charge is 2.28. The molecule has 0 saturated carbocycles. The van der Waals surface area contributed by atoms with Crippen LogP contribution in [0.3, 0.4) is 0 Å². The summed E-state index contributed by atoms with van der Waals surface area (Å²) in [5.41, 5.74) is 2.29. The lowest BCUT2D eigenvalue weighted by Crippen LogP contribution is -2.42.